The average Bonchev–Trinajstić information content (AvgIpc) is 2.52. The number of rotatable bonds is 5. The monoisotopic (exact) mass is 294 g/mol. The van der Waals surface area contributed by atoms with Gasteiger partial charge in [-0.15, -0.1) is 0 Å². The van der Waals surface area contributed by atoms with Gasteiger partial charge in [0.25, 0.3) is 0 Å². The molecule has 1 heterocycles. The number of piperidine rings is 1. The molecule has 1 unspecified atom stereocenters. The van der Waals surface area contributed by atoms with E-state index in [1.54, 1.807) is 30.1 Å². The Labute approximate surface area is 125 Å². The van der Waals surface area contributed by atoms with Gasteiger partial charge in [0.1, 0.15) is 12.4 Å². The standard InChI is InChI=1S/C16H23FN2O2/c1-12(14-5-3-4-6-15(14)17)19(2)16(20)11-21-13-7-9-18-10-8-13/h3-6,12-13,18H,7-11H2,1-2H3. The summed E-state index contributed by atoms with van der Waals surface area (Å²) in [7, 11) is 1.69. The zero-order valence-corrected chi connectivity index (χ0v) is 12.6. The van der Waals surface area contributed by atoms with Crippen molar-refractivity contribution in [2.75, 3.05) is 26.7 Å². The molecule has 116 valence electrons. The molecule has 1 amide bonds. The van der Waals surface area contributed by atoms with Gasteiger partial charge < -0.3 is 15.0 Å². The Morgan fingerprint density at radius 2 is 2.10 bits per heavy atom. The largest absolute Gasteiger partial charge is 0.368 e. The van der Waals surface area contributed by atoms with E-state index in [0.29, 0.717) is 5.56 Å². The Morgan fingerprint density at radius 3 is 2.76 bits per heavy atom. The summed E-state index contributed by atoms with van der Waals surface area (Å²) in [4.78, 5) is 13.7. The predicted molar refractivity (Wildman–Crippen MR) is 79.4 cm³/mol. The van der Waals surface area contributed by atoms with Gasteiger partial charge in [0, 0.05) is 12.6 Å². The number of carbonyl (C=O) groups is 1. The van der Waals surface area contributed by atoms with E-state index < -0.39 is 0 Å². The fraction of sp³-hybridized carbons (Fsp3) is 0.562. The Hall–Kier alpha value is -1.46. The maximum Gasteiger partial charge on any atom is 0.248 e. The number of nitrogens with one attached hydrogen (secondary N) is 1. The zero-order valence-electron chi connectivity index (χ0n) is 12.6. The van der Waals surface area contributed by atoms with Crippen molar-refractivity contribution in [3.63, 3.8) is 0 Å². The van der Waals surface area contributed by atoms with Crippen molar-refractivity contribution in [1.29, 1.82) is 0 Å². The van der Waals surface area contributed by atoms with E-state index in [2.05, 4.69) is 5.32 Å². The third kappa shape index (κ3) is 4.25. The second-order valence-corrected chi connectivity index (χ2v) is 5.46. The van der Waals surface area contributed by atoms with Gasteiger partial charge in [-0.05, 0) is 38.9 Å². The highest BCUT2D eigenvalue weighted by molar-refractivity contribution is 5.77. The molecule has 2 rings (SSSR count). The van der Waals surface area contributed by atoms with Crippen molar-refractivity contribution in [2.24, 2.45) is 0 Å². The van der Waals surface area contributed by atoms with E-state index >= 15 is 0 Å². The van der Waals surface area contributed by atoms with E-state index in [1.807, 2.05) is 6.92 Å². The molecule has 1 aromatic rings. The number of benzene rings is 1. The van der Waals surface area contributed by atoms with Crippen molar-refractivity contribution in [3.05, 3.63) is 35.6 Å². The zero-order chi connectivity index (χ0) is 15.2. The first kappa shape index (κ1) is 15.9. The number of amides is 1. The number of carbonyl (C=O) groups excluding carboxylic acids is 1. The van der Waals surface area contributed by atoms with Gasteiger partial charge in [0.05, 0.1) is 12.1 Å². The maximum atomic E-state index is 13.8. The number of hydrogen-bond acceptors (Lipinski definition) is 3. The van der Waals surface area contributed by atoms with Gasteiger partial charge >= 0.3 is 0 Å². The van der Waals surface area contributed by atoms with Crippen LogP contribution in [0, 0.1) is 5.82 Å². The Balaban J connectivity index is 1.88. The molecular formula is C16H23FN2O2. The van der Waals surface area contributed by atoms with Crippen LogP contribution in [-0.4, -0.2) is 43.7 Å². The number of nitrogens with zero attached hydrogens (tertiary/aromatic N) is 1. The van der Waals surface area contributed by atoms with E-state index in [-0.39, 0.29) is 30.5 Å². The molecule has 1 fully saturated rings. The molecule has 0 radical (unpaired) electrons. The molecule has 0 bridgehead atoms. The predicted octanol–water partition coefficient (Wildman–Crippen LogP) is 2.11. The maximum absolute atomic E-state index is 13.8. The molecular weight excluding hydrogens is 271 g/mol. The number of ether oxygens (including phenoxy) is 1. The van der Waals surface area contributed by atoms with Crippen molar-refractivity contribution >= 4 is 5.91 Å². The third-order valence-corrected chi connectivity index (χ3v) is 4.06. The molecule has 1 aromatic carbocycles. The van der Waals surface area contributed by atoms with Crippen molar-refractivity contribution in [2.45, 2.75) is 31.9 Å². The van der Waals surface area contributed by atoms with Crippen molar-refractivity contribution < 1.29 is 13.9 Å². The van der Waals surface area contributed by atoms with Gasteiger partial charge in [-0.3, -0.25) is 4.79 Å². The molecule has 1 atom stereocenters. The lowest BCUT2D eigenvalue weighted by Gasteiger charge is -2.27. The summed E-state index contributed by atoms with van der Waals surface area (Å²) in [5, 5.41) is 3.25. The molecule has 0 aliphatic carbocycles. The van der Waals surface area contributed by atoms with Crippen LogP contribution >= 0.6 is 0 Å². The van der Waals surface area contributed by atoms with Crippen LogP contribution in [0.3, 0.4) is 0 Å². The second kappa shape index (κ2) is 7.52. The molecule has 0 aromatic heterocycles. The second-order valence-electron chi connectivity index (χ2n) is 5.46. The lowest BCUT2D eigenvalue weighted by molar-refractivity contribution is -0.139. The topological polar surface area (TPSA) is 41.6 Å². The Morgan fingerprint density at radius 1 is 1.43 bits per heavy atom. The minimum atomic E-state index is -0.310. The molecule has 1 N–H and O–H groups in total. The molecule has 0 saturated carbocycles. The van der Waals surface area contributed by atoms with Crippen LogP contribution in [0.4, 0.5) is 4.39 Å². The van der Waals surface area contributed by atoms with Crippen LogP contribution in [0.1, 0.15) is 31.4 Å². The third-order valence-electron chi connectivity index (χ3n) is 4.06. The summed E-state index contributed by atoms with van der Waals surface area (Å²) >= 11 is 0. The fourth-order valence-corrected chi connectivity index (χ4v) is 2.49. The fourth-order valence-electron chi connectivity index (χ4n) is 2.49. The highest BCUT2D eigenvalue weighted by Crippen LogP contribution is 2.21. The summed E-state index contributed by atoms with van der Waals surface area (Å²) < 4.78 is 19.4. The normalized spacial score (nSPS) is 17.5. The molecule has 1 saturated heterocycles. The van der Waals surface area contributed by atoms with Crippen LogP contribution < -0.4 is 5.32 Å². The van der Waals surface area contributed by atoms with E-state index in [9.17, 15) is 9.18 Å². The van der Waals surface area contributed by atoms with E-state index in [4.69, 9.17) is 4.74 Å². The minimum absolute atomic E-state index is 0.0555. The summed E-state index contributed by atoms with van der Waals surface area (Å²) in [5.74, 6) is -0.409. The summed E-state index contributed by atoms with van der Waals surface area (Å²) in [6, 6.07) is 6.23. The highest BCUT2D eigenvalue weighted by atomic mass is 19.1. The lowest BCUT2D eigenvalue weighted by atomic mass is 10.1. The SMILES string of the molecule is CC(c1ccccc1F)N(C)C(=O)COC1CCNCC1. The lowest BCUT2D eigenvalue weighted by Crippen LogP contribution is -2.37. The van der Waals surface area contributed by atoms with Crippen LogP contribution in [0.15, 0.2) is 24.3 Å². The molecule has 1 aliphatic heterocycles. The smallest absolute Gasteiger partial charge is 0.248 e. The van der Waals surface area contributed by atoms with Gasteiger partial charge in [0.2, 0.25) is 5.91 Å². The number of likely N-dealkylation sites (N-methyl/N-ethyl adjacent to an activating group) is 1. The Bertz CT molecular complexity index is 475. The molecule has 1 aliphatic rings. The molecule has 4 nitrogen and oxygen atoms in total. The van der Waals surface area contributed by atoms with E-state index in [0.717, 1.165) is 25.9 Å². The van der Waals surface area contributed by atoms with Gasteiger partial charge in [-0.2, -0.15) is 0 Å². The Kier molecular flexibility index (Phi) is 5.70. The number of halogens is 1. The first-order valence-corrected chi connectivity index (χ1v) is 7.42. The van der Waals surface area contributed by atoms with Crippen LogP contribution in [0.25, 0.3) is 0 Å². The quantitative estimate of drug-likeness (QED) is 0.904. The summed E-state index contributed by atoms with van der Waals surface area (Å²) in [5.41, 5.74) is 0.523. The van der Waals surface area contributed by atoms with Crippen LogP contribution in [0.5, 0.6) is 0 Å². The van der Waals surface area contributed by atoms with Crippen molar-refractivity contribution in [1.82, 2.24) is 10.2 Å². The number of hydrogen-bond donors (Lipinski definition) is 1. The first-order valence-electron chi connectivity index (χ1n) is 7.42. The van der Waals surface area contributed by atoms with Gasteiger partial charge in [-0.1, -0.05) is 18.2 Å². The van der Waals surface area contributed by atoms with Gasteiger partial charge in [0.15, 0.2) is 0 Å². The summed E-state index contributed by atoms with van der Waals surface area (Å²) in [6.07, 6.45) is 2.01. The molecule has 0 spiro atoms. The van der Waals surface area contributed by atoms with Crippen LogP contribution in [-0.2, 0) is 9.53 Å². The average molecular weight is 294 g/mol. The highest BCUT2D eigenvalue weighted by Gasteiger charge is 2.21. The first-order chi connectivity index (χ1) is 10.1. The van der Waals surface area contributed by atoms with Gasteiger partial charge in [-0.25, -0.2) is 4.39 Å². The summed E-state index contributed by atoms with van der Waals surface area (Å²) in [6.45, 7) is 3.74. The minimum Gasteiger partial charge on any atom is -0.368 e. The van der Waals surface area contributed by atoms with E-state index in [1.165, 1.54) is 6.07 Å². The molecule has 5 heteroatoms. The van der Waals surface area contributed by atoms with Crippen LogP contribution in [0.2, 0.25) is 0 Å². The van der Waals surface area contributed by atoms with Crippen molar-refractivity contribution in [3.8, 4) is 0 Å². The molecule has 21 heavy (non-hydrogen) atoms.